The molecular formula is C15H31N3O. The quantitative estimate of drug-likeness (QED) is 0.397. The summed E-state index contributed by atoms with van der Waals surface area (Å²) in [7, 11) is 3.98. The van der Waals surface area contributed by atoms with Gasteiger partial charge >= 0.3 is 0 Å². The molecule has 0 spiro atoms. The fraction of sp³-hybridized carbons (Fsp3) is 0.933. The Kier molecular flexibility index (Phi) is 7.21. The minimum Gasteiger partial charge on any atom is -0.382 e. The molecule has 0 radical (unpaired) electrons. The number of nitrogens with zero attached hydrogens (tertiary/aromatic N) is 2. The number of nitrogens with one attached hydrogen (secondary N) is 1. The first-order chi connectivity index (χ1) is 9.17. The zero-order valence-electron chi connectivity index (χ0n) is 13.2. The normalized spacial score (nSPS) is 17.4. The molecule has 4 heteroatoms. The fourth-order valence-corrected chi connectivity index (χ4v) is 2.28. The second-order valence-electron chi connectivity index (χ2n) is 5.62. The molecule has 1 N–H and O–H groups in total. The lowest BCUT2D eigenvalue weighted by Gasteiger charge is -2.24. The molecule has 1 fully saturated rings. The van der Waals surface area contributed by atoms with Gasteiger partial charge in [-0.2, -0.15) is 0 Å². The van der Waals surface area contributed by atoms with E-state index in [0.717, 1.165) is 32.3 Å². The molecule has 1 aliphatic rings. The van der Waals surface area contributed by atoms with Crippen molar-refractivity contribution >= 4 is 5.96 Å². The third kappa shape index (κ3) is 5.81. The number of ether oxygens (including phenoxy) is 1. The van der Waals surface area contributed by atoms with Crippen molar-refractivity contribution in [1.29, 1.82) is 0 Å². The molecule has 4 nitrogen and oxygen atoms in total. The first kappa shape index (κ1) is 16.3. The Hall–Kier alpha value is -0.770. The molecule has 0 unspecified atom stereocenters. The average molecular weight is 269 g/mol. The second kappa shape index (κ2) is 8.41. The molecule has 0 bridgehead atoms. The van der Waals surface area contributed by atoms with Gasteiger partial charge in [0.05, 0.1) is 0 Å². The van der Waals surface area contributed by atoms with Crippen molar-refractivity contribution in [2.24, 2.45) is 10.4 Å². The first-order valence-corrected chi connectivity index (χ1v) is 7.67. The van der Waals surface area contributed by atoms with Crippen molar-refractivity contribution in [3.63, 3.8) is 0 Å². The molecule has 0 aromatic rings. The predicted octanol–water partition coefficient (Wildman–Crippen LogP) is 2.50. The maximum Gasteiger partial charge on any atom is 0.193 e. The summed E-state index contributed by atoms with van der Waals surface area (Å²) in [6.45, 7) is 8.10. The van der Waals surface area contributed by atoms with E-state index in [-0.39, 0.29) is 0 Å². The van der Waals surface area contributed by atoms with Gasteiger partial charge in [0.25, 0.3) is 0 Å². The lowest BCUT2D eigenvalue weighted by Crippen LogP contribution is -2.42. The lowest BCUT2D eigenvalue weighted by molar-refractivity contribution is 0.128. The minimum absolute atomic E-state index is 0.469. The Morgan fingerprint density at radius 1 is 1.37 bits per heavy atom. The molecule has 1 saturated carbocycles. The van der Waals surface area contributed by atoms with Gasteiger partial charge in [0.15, 0.2) is 5.96 Å². The molecule has 1 rings (SSSR count). The molecule has 0 saturated heterocycles. The summed E-state index contributed by atoms with van der Waals surface area (Å²) < 4.78 is 5.47. The Balaban J connectivity index is 2.29. The van der Waals surface area contributed by atoms with E-state index in [9.17, 15) is 0 Å². The maximum atomic E-state index is 5.47. The molecule has 0 amide bonds. The van der Waals surface area contributed by atoms with Crippen LogP contribution in [0.25, 0.3) is 0 Å². The zero-order valence-corrected chi connectivity index (χ0v) is 13.2. The van der Waals surface area contributed by atoms with Crippen LogP contribution in [0.3, 0.4) is 0 Å². The van der Waals surface area contributed by atoms with E-state index >= 15 is 0 Å². The van der Waals surface area contributed by atoms with Gasteiger partial charge < -0.3 is 15.0 Å². The number of unbranched alkanes of at least 4 members (excludes halogenated alkanes) is 1. The topological polar surface area (TPSA) is 36.9 Å². The van der Waals surface area contributed by atoms with Gasteiger partial charge in [0.1, 0.15) is 0 Å². The van der Waals surface area contributed by atoms with E-state index in [1.165, 1.54) is 32.1 Å². The van der Waals surface area contributed by atoms with Crippen LogP contribution in [0, 0.1) is 5.41 Å². The zero-order chi connectivity index (χ0) is 14.1. The smallest absolute Gasteiger partial charge is 0.193 e. The highest BCUT2D eigenvalue weighted by molar-refractivity contribution is 5.79. The maximum absolute atomic E-state index is 5.47. The summed E-state index contributed by atoms with van der Waals surface area (Å²) in [4.78, 5) is 6.59. The summed E-state index contributed by atoms with van der Waals surface area (Å²) in [5.41, 5.74) is 0.469. The van der Waals surface area contributed by atoms with E-state index in [0.29, 0.717) is 5.41 Å². The lowest BCUT2D eigenvalue weighted by atomic mass is 10.0. The molecular weight excluding hydrogens is 238 g/mol. The van der Waals surface area contributed by atoms with Crippen molar-refractivity contribution in [2.45, 2.75) is 46.0 Å². The van der Waals surface area contributed by atoms with Gasteiger partial charge in [-0.1, -0.05) is 13.3 Å². The van der Waals surface area contributed by atoms with Crippen molar-refractivity contribution in [1.82, 2.24) is 10.2 Å². The van der Waals surface area contributed by atoms with Crippen LogP contribution in [0.4, 0.5) is 0 Å². The van der Waals surface area contributed by atoms with E-state index < -0.39 is 0 Å². The standard InChI is InChI=1S/C15H31N3O/c1-5-7-11-18(4)14(16-3)17-13-15(8-9-15)10-12-19-6-2/h5-13H2,1-4H3,(H,16,17). The second-order valence-corrected chi connectivity index (χ2v) is 5.62. The van der Waals surface area contributed by atoms with E-state index in [4.69, 9.17) is 4.74 Å². The van der Waals surface area contributed by atoms with Crippen LogP contribution in [0.2, 0.25) is 0 Å². The van der Waals surface area contributed by atoms with Crippen LogP contribution in [0.1, 0.15) is 46.0 Å². The monoisotopic (exact) mass is 269 g/mol. The van der Waals surface area contributed by atoms with Crippen LogP contribution in [-0.4, -0.2) is 51.3 Å². The van der Waals surface area contributed by atoms with E-state index in [1.807, 2.05) is 7.05 Å². The summed E-state index contributed by atoms with van der Waals surface area (Å²) in [5, 5.41) is 3.53. The summed E-state index contributed by atoms with van der Waals surface area (Å²) >= 11 is 0. The number of aliphatic imine (C=N–C) groups is 1. The Labute approximate surface area is 118 Å². The molecule has 0 atom stereocenters. The number of guanidine groups is 1. The van der Waals surface area contributed by atoms with E-state index in [1.54, 1.807) is 0 Å². The number of rotatable bonds is 9. The number of hydrogen-bond donors (Lipinski definition) is 1. The van der Waals surface area contributed by atoms with Gasteiger partial charge in [-0.15, -0.1) is 0 Å². The summed E-state index contributed by atoms with van der Waals surface area (Å²) in [5.74, 6) is 1.02. The van der Waals surface area contributed by atoms with Crippen molar-refractivity contribution in [2.75, 3.05) is 40.4 Å². The third-order valence-electron chi connectivity index (χ3n) is 3.98. The molecule has 1 aliphatic carbocycles. The summed E-state index contributed by atoms with van der Waals surface area (Å²) in [6.07, 6.45) is 6.25. The Morgan fingerprint density at radius 2 is 2.11 bits per heavy atom. The highest BCUT2D eigenvalue weighted by Crippen LogP contribution is 2.48. The van der Waals surface area contributed by atoms with E-state index in [2.05, 4.69) is 36.1 Å². The van der Waals surface area contributed by atoms with Gasteiger partial charge in [-0.25, -0.2) is 0 Å². The molecule has 0 aromatic carbocycles. The van der Waals surface area contributed by atoms with Gasteiger partial charge in [-0.3, -0.25) is 4.99 Å². The van der Waals surface area contributed by atoms with Crippen molar-refractivity contribution in [3.05, 3.63) is 0 Å². The Bertz CT molecular complexity index is 275. The Morgan fingerprint density at radius 3 is 2.63 bits per heavy atom. The van der Waals surface area contributed by atoms with Gasteiger partial charge in [-0.05, 0) is 38.0 Å². The fourth-order valence-electron chi connectivity index (χ4n) is 2.28. The molecule has 0 aliphatic heterocycles. The summed E-state index contributed by atoms with van der Waals surface area (Å²) in [6, 6.07) is 0. The van der Waals surface area contributed by atoms with Crippen molar-refractivity contribution < 1.29 is 4.74 Å². The van der Waals surface area contributed by atoms with Crippen LogP contribution in [0.5, 0.6) is 0 Å². The molecule has 0 heterocycles. The van der Waals surface area contributed by atoms with Crippen LogP contribution in [0.15, 0.2) is 4.99 Å². The highest BCUT2D eigenvalue weighted by Gasteiger charge is 2.42. The molecule has 19 heavy (non-hydrogen) atoms. The number of hydrogen-bond acceptors (Lipinski definition) is 2. The van der Waals surface area contributed by atoms with Crippen LogP contribution in [-0.2, 0) is 4.74 Å². The van der Waals surface area contributed by atoms with Crippen LogP contribution >= 0.6 is 0 Å². The largest absolute Gasteiger partial charge is 0.382 e. The average Bonchev–Trinajstić information content (AvgIpc) is 3.18. The third-order valence-corrected chi connectivity index (χ3v) is 3.98. The predicted molar refractivity (Wildman–Crippen MR) is 81.7 cm³/mol. The molecule has 112 valence electrons. The van der Waals surface area contributed by atoms with Crippen molar-refractivity contribution in [3.8, 4) is 0 Å². The van der Waals surface area contributed by atoms with Gasteiger partial charge in [0.2, 0.25) is 0 Å². The molecule has 0 aromatic heterocycles. The SMILES string of the molecule is CCCCN(C)C(=NC)NCC1(CCOCC)CC1. The van der Waals surface area contributed by atoms with Crippen LogP contribution < -0.4 is 5.32 Å². The first-order valence-electron chi connectivity index (χ1n) is 7.67. The minimum atomic E-state index is 0.469. The van der Waals surface area contributed by atoms with Gasteiger partial charge in [0, 0.05) is 40.4 Å². The highest BCUT2D eigenvalue weighted by atomic mass is 16.5.